The number of amides is 1. The largest absolute Gasteiger partial charge is 0.491 e. The summed E-state index contributed by atoms with van der Waals surface area (Å²) >= 11 is 1.41. The average Bonchev–Trinajstić information content (AvgIpc) is 2.96. The van der Waals surface area contributed by atoms with Gasteiger partial charge in [-0.3, -0.25) is 4.79 Å². The first-order chi connectivity index (χ1) is 9.76. The first-order valence-corrected chi connectivity index (χ1v) is 7.29. The van der Waals surface area contributed by atoms with E-state index in [9.17, 15) is 4.79 Å². The third-order valence-corrected chi connectivity index (χ3v) is 4.02. The van der Waals surface area contributed by atoms with Crippen LogP contribution in [0.2, 0.25) is 0 Å². The minimum atomic E-state index is -0.157. The third kappa shape index (κ3) is 2.60. The quantitative estimate of drug-likeness (QED) is 0.906. The molecule has 0 bridgehead atoms. The number of carbonyl (C=O) groups excluding carboxylic acids is 1. The Kier molecular flexibility index (Phi) is 3.56. The molecule has 0 saturated carbocycles. The van der Waals surface area contributed by atoms with Gasteiger partial charge >= 0.3 is 0 Å². The van der Waals surface area contributed by atoms with Gasteiger partial charge in [-0.15, -0.1) is 11.3 Å². The molecule has 20 heavy (non-hydrogen) atoms. The number of fused-ring (bicyclic) bond motifs is 1. The maximum Gasteiger partial charge on any atom is 0.271 e. The summed E-state index contributed by atoms with van der Waals surface area (Å²) in [4.78, 5) is 16.3. The van der Waals surface area contributed by atoms with Crippen LogP contribution in [0, 0.1) is 0 Å². The lowest BCUT2D eigenvalue weighted by molar-refractivity contribution is 0.0911. The molecule has 6 heteroatoms. The molecule has 2 heterocycles. The number of hydrogen-bond donors (Lipinski definition) is 2. The van der Waals surface area contributed by atoms with E-state index in [1.54, 1.807) is 12.4 Å². The molecule has 0 fully saturated rings. The SMILES string of the molecule is CNc1nc(C(=O)NC2COc3ccccc3C2)cs1. The Balaban J connectivity index is 1.66. The Morgan fingerprint density at radius 2 is 2.30 bits per heavy atom. The number of aromatic nitrogens is 1. The summed E-state index contributed by atoms with van der Waals surface area (Å²) in [5.41, 5.74) is 1.57. The van der Waals surface area contributed by atoms with E-state index < -0.39 is 0 Å². The van der Waals surface area contributed by atoms with Crippen molar-refractivity contribution >= 4 is 22.4 Å². The summed E-state index contributed by atoms with van der Waals surface area (Å²) in [5, 5.41) is 8.37. The lowest BCUT2D eigenvalue weighted by Gasteiger charge is -2.25. The molecule has 0 radical (unpaired) electrons. The second-order valence-corrected chi connectivity index (χ2v) is 5.44. The van der Waals surface area contributed by atoms with Crippen molar-refractivity contribution in [1.82, 2.24) is 10.3 Å². The van der Waals surface area contributed by atoms with Crippen LogP contribution < -0.4 is 15.4 Å². The van der Waals surface area contributed by atoms with E-state index in [1.165, 1.54) is 11.3 Å². The van der Waals surface area contributed by atoms with Crippen molar-refractivity contribution in [3.8, 4) is 5.75 Å². The van der Waals surface area contributed by atoms with Crippen LogP contribution in [0.1, 0.15) is 16.1 Å². The molecule has 1 atom stereocenters. The van der Waals surface area contributed by atoms with Gasteiger partial charge in [0, 0.05) is 12.4 Å². The van der Waals surface area contributed by atoms with Gasteiger partial charge in [-0.05, 0) is 18.1 Å². The van der Waals surface area contributed by atoms with E-state index >= 15 is 0 Å². The summed E-state index contributed by atoms with van der Waals surface area (Å²) in [6.07, 6.45) is 0.783. The predicted molar refractivity (Wildman–Crippen MR) is 78.6 cm³/mol. The van der Waals surface area contributed by atoms with E-state index in [2.05, 4.69) is 15.6 Å². The number of anilines is 1. The highest BCUT2D eigenvalue weighted by Crippen LogP contribution is 2.24. The number of nitrogens with one attached hydrogen (secondary N) is 2. The Morgan fingerprint density at radius 3 is 3.10 bits per heavy atom. The van der Waals surface area contributed by atoms with Gasteiger partial charge in [-0.2, -0.15) is 0 Å². The van der Waals surface area contributed by atoms with Gasteiger partial charge in [0.25, 0.3) is 5.91 Å². The molecule has 1 aliphatic rings. The van der Waals surface area contributed by atoms with Crippen LogP contribution in [0.5, 0.6) is 5.75 Å². The first kappa shape index (κ1) is 12.9. The molecular weight excluding hydrogens is 274 g/mol. The number of nitrogens with zero attached hydrogens (tertiary/aromatic N) is 1. The van der Waals surface area contributed by atoms with Crippen molar-refractivity contribution in [2.45, 2.75) is 12.5 Å². The normalized spacial score (nSPS) is 16.9. The molecule has 5 nitrogen and oxygen atoms in total. The van der Waals surface area contributed by atoms with E-state index in [-0.39, 0.29) is 11.9 Å². The molecule has 0 aliphatic carbocycles. The fourth-order valence-corrected chi connectivity index (χ4v) is 2.82. The van der Waals surface area contributed by atoms with E-state index in [1.807, 2.05) is 24.3 Å². The zero-order valence-corrected chi connectivity index (χ0v) is 11.9. The molecule has 1 aliphatic heterocycles. The van der Waals surface area contributed by atoms with Crippen molar-refractivity contribution < 1.29 is 9.53 Å². The smallest absolute Gasteiger partial charge is 0.271 e. The van der Waals surface area contributed by atoms with Crippen LogP contribution in [0.15, 0.2) is 29.6 Å². The Bertz CT molecular complexity index is 626. The van der Waals surface area contributed by atoms with Gasteiger partial charge in [-0.1, -0.05) is 18.2 Å². The minimum Gasteiger partial charge on any atom is -0.491 e. The van der Waals surface area contributed by atoms with Gasteiger partial charge in [0.15, 0.2) is 5.13 Å². The highest BCUT2D eigenvalue weighted by Gasteiger charge is 2.22. The van der Waals surface area contributed by atoms with Crippen LogP contribution in [0.4, 0.5) is 5.13 Å². The molecule has 2 N–H and O–H groups in total. The van der Waals surface area contributed by atoms with Crippen LogP contribution in [0.3, 0.4) is 0 Å². The third-order valence-electron chi connectivity index (χ3n) is 3.16. The number of ether oxygens (including phenoxy) is 1. The van der Waals surface area contributed by atoms with Crippen LogP contribution in [-0.4, -0.2) is 30.6 Å². The van der Waals surface area contributed by atoms with Gasteiger partial charge in [0.1, 0.15) is 18.1 Å². The molecule has 0 spiro atoms. The van der Waals surface area contributed by atoms with Crippen molar-refractivity contribution in [2.75, 3.05) is 19.0 Å². The van der Waals surface area contributed by atoms with Crippen molar-refractivity contribution in [2.24, 2.45) is 0 Å². The summed E-state index contributed by atoms with van der Waals surface area (Å²) in [5.74, 6) is 0.750. The maximum absolute atomic E-state index is 12.1. The van der Waals surface area contributed by atoms with Gasteiger partial charge in [0.2, 0.25) is 0 Å². The zero-order chi connectivity index (χ0) is 13.9. The second kappa shape index (κ2) is 5.50. The monoisotopic (exact) mass is 289 g/mol. The lowest BCUT2D eigenvalue weighted by atomic mass is 10.0. The van der Waals surface area contributed by atoms with Crippen LogP contribution in [-0.2, 0) is 6.42 Å². The lowest BCUT2D eigenvalue weighted by Crippen LogP contribution is -2.42. The number of benzene rings is 1. The standard InChI is InChI=1S/C14H15N3O2S/c1-15-14-17-11(8-20-14)13(18)16-10-6-9-4-2-3-5-12(9)19-7-10/h2-5,8,10H,6-7H2,1H3,(H,15,17)(H,16,18). The Morgan fingerprint density at radius 1 is 1.45 bits per heavy atom. The molecule has 0 saturated heterocycles. The topological polar surface area (TPSA) is 63.2 Å². The molecule has 1 unspecified atom stereocenters. The minimum absolute atomic E-state index is 0.0165. The number of rotatable bonds is 3. The molecule has 3 rings (SSSR count). The van der Waals surface area contributed by atoms with Gasteiger partial charge in [-0.25, -0.2) is 4.98 Å². The number of thiazole rings is 1. The van der Waals surface area contributed by atoms with E-state index in [4.69, 9.17) is 4.74 Å². The number of hydrogen-bond acceptors (Lipinski definition) is 5. The van der Waals surface area contributed by atoms with E-state index in [0.717, 1.165) is 22.9 Å². The fraction of sp³-hybridized carbons (Fsp3) is 0.286. The number of carbonyl (C=O) groups is 1. The highest BCUT2D eigenvalue weighted by molar-refractivity contribution is 7.13. The summed E-state index contributed by atoms with van der Waals surface area (Å²) in [6, 6.07) is 7.89. The zero-order valence-electron chi connectivity index (χ0n) is 11.1. The Hall–Kier alpha value is -2.08. The van der Waals surface area contributed by atoms with Gasteiger partial charge < -0.3 is 15.4 Å². The maximum atomic E-state index is 12.1. The molecule has 1 aromatic carbocycles. The predicted octanol–water partition coefficient (Wildman–Crippen LogP) is 1.92. The fourth-order valence-electron chi connectivity index (χ4n) is 2.17. The molecule has 104 valence electrons. The average molecular weight is 289 g/mol. The second-order valence-electron chi connectivity index (χ2n) is 4.58. The van der Waals surface area contributed by atoms with Crippen LogP contribution >= 0.6 is 11.3 Å². The molecular formula is C14H15N3O2S. The van der Waals surface area contributed by atoms with Crippen molar-refractivity contribution in [3.63, 3.8) is 0 Å². The van der Waals surface area contributed by atoms with Gasteiger partial charge in [0.05, 0.1) is 6.04 Å². The molecule has 1 aromatic heterocycles. The van der Waals surface area contributed by atoms with E-state index in [0.29, 0.717) is 12.3 Å². The highest BCUT2D eigenvalue weighted by atomic mass is 32.1. The molecule has 1 amide bonds. The molecule has 2 aromatic rings. The van der Waals surface area contributed by atoms with Crippen LogP contribution in [0.25, 0.3) is 0 Å². The summed E-state index contributed by atoms with van der Waals surface area (Å²) in [6.45, 7) is 0.492. The van der Waals surface area contributed by atoms with Crippen molar-refractivity contribution in [1.29, 1.82) is 0 Å². The Labute approximate surface area is 121 Å². The number of para-hydroxylation sites is 1. The van der Waals surface area contributed by atoms with Crippen molar-refractivity contribution in [3.05, 3.63) is 40.9 Å². The first-order valence-electron chi connectivity index (χ1n) is 6.41. The summed E-state index contributed by atoms with van der Waals surface area (Å²) in [7, 11) is 1.78. The summed E-state index contributed by atoms with van der Waals surface area (Å²) < 4.78 is 5.65.